The van der Waals surface area contributed by atoms with Crippen molar-refractivity contribution in [2.75, 3.05) is 13.7 Å². The van der Waals surface area contributed by atoms with Crippen LogP contribution in [0.4, 0.5) is 0 Å². The fraction of sp³-hybridized carbons (Fsp3) is 0.200. The van der Waals surface area contributed by atoms with Gasteiger partial charge in [-0.15, -0.1) is 0 Å². The molecule has 0 fully saturated rings. The van der Waals surface area contributed by atoms with Crippen molar-refractivity contribution in [3.8, 4) is 22.8 Å². The van der Waals surface area contributed by atoms with E-state index in [2.05, 4.69) is 9.97 Å². The number of fused-ring (bicyclic) bond motifs is 2. The number of aromatic nitrogens is 3. The molecule has 4 N–H and O–H groups in total. The third-order valence-electron chi connectivity index (χ3n) is 4.62. The van der Waals surface area contributed by atoms with Crippen LogP contribution in [0.3, 0.4) is 0 Å². The maximum absolute atomic E-state index is 12.7. The molecule has 0 unspecified atom stereocenters. The van der Waals surface area contributed by atoms with E-state index in [0.717, 1.165) is 17.3 Å². The number of phenolic OH excluding ortho intramolecular Hbond substituents is 1. The van der Waals surface area contributed by atoms with Gasteiger partial charge in [-0.25, -0.2) is 4.98 Å². The van der Waals surface area contributed by atoms with Crippen LogP contribution in [0.1, 0.15) is 6.42 Å². The second-order valence-corrected chi connectivity index (χ2v) is 6.38. The highest BCUT2D eigenvalue weighted by Gasteiger charge is 2.16. The van der Waals surface area contributed by atoms with Crippen molar-refractivity contribution < 1.29 is 9.84 Å². The van der Waals surface area contributed by atoms with Crippen LogP contribution in [0.15, 0.2) is 47.4 Å². The predicted octanol–water partition coefficient (Wildman–Crippen LogP) is 2.61. The van der Waals surface area contributed by atoms with Crippen molar-refractivity contribution >= 4 is 21.9 Å². The number of aromatic amines is 1. The molecular formula is C20H20N4O3. The Balaban J connectivity index is 1.96. The van der Waals surface area contributed by atoms with E-state index in [1.165, 1.54) is 0 Å². The average Bonchev–Trinajstić information content (AvgIpc) is 3.03. The lowest BCUT2D eigenvalue weighted by Gasteiger charge is -2.04. The Labute approximate surface area is 155 Å². The number of nitrogens with one attached hydrogen (secondary N) is 1. The molecule has 0 atom stereocenters. The molecule has 0 aliphatic rings. The van der Waals surface area contributed by atoms with Gasteiger partial charge in [-0.05, 0) is 37.2 Å². The summed E-state index contributed by atoms with van der Waals surface area (Å²) in [5.41, 5.74) is 8.55. The fourth-order valence-corrected chi connectivity index (χ4v) is 3.29. The Morgan fingerprint density at radius 3 is 2.89 bits per heavy atom. The second kappa shape index (κ2) is 6.77. The van der Waals surface area contributed by atoms with Gasteiger partial charge in [-0.2, -0.15) is 0 Å². The summed E-state index contributed by atoms with van der Waals surface area (Å²) >= 11 is 0. The molecule has 0 aliphatic carbocycles. The van der Waals surface area contributed by atoms with Gasteiger partial charge in [0.1, 0.15) is 17.2 Å². The van der Waals surface area contributed by atoms with Crippen LogP contribution in [0.25, 0.3) is 33.2 Å². The molecule has 138 valence electrons. The molecular weight excluding hydrogens is 344 g/mol. The van der Waals surface area contributed by atoms with E-state index in [4.69, 9.17) is 10.5 Å². The normalized spacial score (nSPS) is 11.3. The van der Waals surface area contributed by atoms with Gasteiger partial charge in [0.25, 0.3) is 5.56 Å². The number of rotatable bonds is 5. The maximum Gasteiger partial charge on any atom is 0.275 e. The predicted molar refractivity (Wildman–Crippen MR) is 105 cm³/mol. The number of aromatic hydroxyl groups is 1. The number of methoxy groups -OCH3 is 1. The fourth-order valence-electron chi connectivity index (χ4n) is 3.29. The smallest absolute Gasteiger partial charge is 0.275 e. The van der Waals surface area contributed by atoms with Crippen LogP contribution in [-0.2, 0) is 6.54 Å². The van der Waals surface area contributed by atoms with E-state index in [0.29, 0.717) is 41.1 Å². The zero-order valence-corrected chi connectivity index (χ0v) is 14.9. The number of H-pyrrole nitrogens is 1. The van der Waals surface area contributed by atoms with Gasteiger partial charge in [0.05, 0.1) is 23.7 Å². The van der Waals surface area contributed by atoms with Gasteiger partial charge < -0.3 is 25.1 Å². The van der Waals surface area contributed by atoms with E-state index < -0.39 is 0 Å². The minimum atomic E-state index is -0.265. The van der Waals surface area contributed by atoms with Crippen LogP contribution < -0.4 is 16.0 Å². The second-order valence-electron chi connectivity index (χ2n) is 6.38. The molecule has 0 aliphatic heterocycles. The zero-order chi connectivity index (χ0) is 19.0. The average molecular weight is 364 g/mol. The lowest BCUT2D eigenvalue weighted by atomic mass is 10.1. The van der Waals surface area contributed by atoms with Gasteiger partial charge in [0, 0.05) is 35.8 Å². The van der Waals surface area contributed by atoms with Crippen LogP contribution in [0, 0.1) is 0 Å². The first-order valence-electron chi connectivity index (χ1n) is 8.71. The molecule has 4 aromatic rings. The summed E-state index contributed by atoms with van der Waals surface area (Å²) in [7, 11) is 1.59. The number of hydrogen-bond donors (Lipinski definition) is 3. The topological polar surface area (TPSA) is 106 Å². The summed E-state index contributed by atoms with van der Waals surface area (Å²) in [6.07, 6.45) is 2.68. The van der Waals surface area contributed by atoms with E-state index in [9.17, 15) is 9.90 Å². The first-order chi connectivity index (χ1) is 13.1. The Kier molecular flexibility index (Phi) is 4.29. The highest BCUT2D eigenvalue weighted by molar-refractivity contribution is 5.96. The highest BCUT2D eigenvalue weighted by atomic mass is 16.5. The standard InChI is InChI=1S/C20H20N4O3/c1-27-13-4-6-16-17(10-13)22-19(20(26)23-16)15-11-24(8-2-7-21)18-9-12(25)3-5-14(15)18/h3-6,9-11,25H,2,7-8,21H2,1H3,(H,23,26). The van der Waals surface area contributed by atoms with Crippen molar-refractivity contribution in [3.63, 3.8) is 0 Å². The third kappa shape index (κ3) is 3.02. The molecule has 0 radical (unpaired) electrons. The molecule has 2 aromatic heterocycles. The van der Waals surface area contributed by atoms with Gasteiger partial charge in [0.2, 0.25) is 0 Å². The number of nitrogens with zero attached hydrogens (tertiary/aromatic N) is 2. The zero-order valence-electron chi connectivity index (χ0n) is 14.9. The van der Waals surface area contributed by atoms with Crippen molar-refractivity contribution in [2.24, 2.45) is 5.73 Å². The van der Waals surface area contributed by atoms with Crippen molar-refractivity contribution in [3.05, 3.63) is 52.9 Å². The first kappa shape index (κ1) is 17.1. The number of hydrogen-bond acceptors (Lipinski definition) is 5. The van der Waals surface area contributed by atoms with Crippen LogP contribution in [0.5, 0.6) is 11.5 Å². The number of ether oxygens (including phenoxy) is 1. The van der Waals surface area contributed by atoms with Crippen LogP contribution in [0.2, 0.25) is 0 Å². The molecule has 0 saturated carbocycles. The molecule has 27 heavy (non-hydrogen) atoms. The molecule has 0 bridgehead atoms. The molecule has 7 heteroatoms. The minimum Gasteiger partial charge on any atom is -0.508 e. The minimum absolute atomic E-state index is 0.172. The Morgan fingerprint density at radius 2 is 2.11 bits per heavy atom. The SMILES string of the molecule is COc1ccc2[nH]c(=O)c(-c3cn(CCCN)c4cc(O)ccc34)nc2c1. The number of aryl methyl sites for hydroxylation is 1. The largest absolute Gasteiger partial charge is 0.508 e. The van der Waals surface area contributed by atoms with Gasteiger partial charge in [-0.3, -0.25) is 4.79 Å². The van der Waals surface area contributed by atoms with Crippen LogP contribution >= 0.6 is 0 Å². The molecule has 0 saturated heterocycles. The van der Waals surface area contributed by atoms with Gasteiger partial charge >= 0.3 is 0 Å². The number of nitrogens with two attached hydrogens (primary N) is 1. The molecule has 2 heterocycles. The van der Waals surface area contributed by atoms with E-state index in [1.807, 2.05) is 10.8 Å². The van der Waals surface area contributed by atoms with E-state index in [-0.39, 0.29) is 11.3 Å². The number of benzene rings is 2. The summed E-state index contributed by atoms with van der Waals surface area (Å²) in [5, 5.41) is 10.7. The Hall–Kier alpha value is -3.32. The van der Waals surface area contributed by atoms with E-state index in [1.54, 1.807) is 43.5 Å². The van der Waals surface area contributed by atoms with Crippen molar-refractivity contribution in [2.45, 2.75) is 13.0 Å². The molecule has 2 aromatic carbocycles. The van der Waals surface area contributed by atoms with Crippen molar-refractivity contribution in [1.29, 1.82) is 0 Å². The Bertz CT molecular complexity index is 1190. The van der Waals surface area contributed by atoms with Gasteiger partial charge in [0.15, 0.2) is 0 Å². The monoisotopic (exact) mass is 364 g/mol. The Morgan fingerprint density at radius 1 is 1.26 bits per heavy atom. The van der Waals surface area contributed by atoms with Crippen LogP contribution in [-0.4, -0.2) is 33.3 Å². The third-order valence-corrected chi connectivity index (χ3v) is 4.62. The summed E-state index contributed by atoms with van der Waals surface area (Å²) in [6.45, 7) is 1.25. The highest BCUT2D eigenvalue weighted by Crippen LogP contribution is 2.31. The molecule has 4 rings (SSSR count). The quantitative estimate of drug-likeness (QED) is 0.505. The summed E-state index contributed by atoms with van der Waals surface area (Å²) in [5.74, 6) is 0.842. The summed E-state index contributed by atoms with van der Waals surface area (Å²) in [4.78, 5) is 20.2. The molecule has 0 spiro atoms. The maximum atomic E-state index is 12.7. The van der Waals surface area contributed by atoms with E-state index >= 15 is 0 Å². The lowest BCUT2D eigenvalue weighted by Crippen LogP contribution is -2.11. The molecule has 7 nitrogen and oxygen atoms in total. The lowest BCUT2D eigenvalue weighted by molar-refractivity contribution is 0.415. The van der Waals surface area contributed by atoms with Gasteiger partial charge in [-0.1, -0.05) is 0 Å². The first-order valence-corrected chi connectivity index (χ1v) is 8.71. The van der Waals surface area contributed by atoms with Crippen molar-refractivity contribution in [1.82, 2.24) is 14.5 Å². The molecule has 0 amide bonds. The summed E-state index contributed by atoms with van der Waals surface area (Å²) < 4.78 is 7.25. The number of phenols is 1. The summed E-state index contributed by atoms with van der Waals surface area (Å²) in [6, 6.07) is 10.4.